The van der Waals surface area contributed by atoms with Gasteiger partial charge in [-0.3, -0.25) is 10.1 Å². The lowest BCUT2D eigenvalue weighted by atomic mass is 10.0. The zero-order chi connectivity index (χ0) is 17.8. The standard InChI is InChI=1S/C17H24N6O2/c1-3-8-22(2)13-5-9-23(10-6-13)16-18-7-4-12(19-16)11-14-15(24)21-17(25)20-14/h4,7,11,13H,3,5-6,8-10H2,1-2H3,(H2,20,21,24,25). The number of aromatic nitrogens is 2. The minimum Gasteiger partial charge on any atom is -0.341 e. The molecule has 3 amide bonds. The van der Waals surface area contributed by atoms with Crippen LogP contribution < -0.4 is 15.5 Å². The van der Waals surface area contributed by atoms with Crippen molar-refractivity contribution in [3.63, 3.8) is 0 Å². The third-order valence-corrected chi connectivity index (χ3v) is 4.62. The molecule has 0 spiro atoms. The summed E-state index contributed by atoms with van der Waals surface area (Å²) in [4.78, 5) is 36.3. The first-order chi connectivity index (χ1) is 12.1. The molecule has 2 aliphatic heterocycles. The Morgan fingerprint density at radius 2 is 2.08 bits per heavy atom. The lowest BCUT2D eigenvalue weighted by Gasteiger charge is -2.36. The van der Waals surface area contributed by atoms with Gasteiger partial charge in [0, 0.05) is 25.3 Å². The number of carbonyl (C=O) groups excluding carboxylic acids is 2. The molecule has 0 unspecified atom stereocenters. The van der Waals surface area contributed by atoms with E-state index in [2.05, 4.69) is 44.4 Å². The molecule has 0 atom stereocenters. The van der Waals surface area contributed by atoms with Crippen LogP contribution >= 0.6 is 0 Å². The molecule has 0 saturated carbocycles. The van der Waals surface area contributed by atoms with Crippen LogP contribution in [0.4, 0.5) is 10.7 Å². The molecule has 2 N–H and O–H groups in total. The normalized spacial score (nSPS) is 20.3. The average molecular weight is 344 g/mol. The molecule has 0 aliphatic carbocycles. The van der Waals surface area contributed by atoms with Gasteiger partial charge in [0.05, 0.1) is 5.69 Å². The first-order valence-electron chi connectivity index (χ1n) is 8.69. The van der Waals surface area contributed by atoms with Gasteiger partial charge >= 0.3 is 6.03 Å². The maximum absolute atomic E-state index is 11.6. The Morgan fingerprint density at radius 1 is 1.32 bits per heavy atom. The Morgan fingerprint density at radius 3 is 2.72 bits per heavy atom. The highest BCUT2D eigenvalue weighted by Crippen LogP contribution is 2.20. The average Bonchev–Trinajstić information content (AvgIpc) is 2.93. The van der Waals surface area contributed by atoms with E-state index in [1.165, 1.54) is 6.42 Å². The van der Waals surface area contributed by atoms with E-state index < -0.39 is 11.9 Å². The molecule has 0 bridgehead atoms. The molecule has 3 rings (SSSR count). The summed E-state index contributed by atoms with van der Waals surface area (Å²) in [6.07, 6.45) is 6.58. The van der Waals surface area contributed by atoms with Crippen molar-refractivity contribution >= 4 is 24.0 Å². The smallest absolute Gasteiger partial charge is 0.326 e. The van der Waals surface area contributed by atoms with Crippen LogP contribution in [0.2, 0.25) is 0 Å². The van der Waals surface area contributed by atoms with Crippen LogP contribution in [-0.2, 0) is 4.79 Å². The summed E-state index contributed by atoms with van der Waals surface area (Å²) in [5, 5.41) is 4.64. The summed E-state index contributed by atoms with van der Waals surface area (Å²) in [6.45, 7) is 5.15. The third-order valence-electron chi connectivity index (χ3n) is 4.62. The van der Waals surface area contributed by atoms with E-state index in [1.54, 1.807) is 18.3 Å². The fourth-order valence-electron chi connectivity index (χ4n) is 3.27. The van der Waals surface area contributed by atoms with E-state index in [0.717, 1.165) is 32.5 Å². The number of imide groups is 1. The number of rotatable bonds is 5. The van der Waals surface area contributed by atoms with Gasteiger partial charge in [-0.15, -0.1) is 0 Å². The maximum atomic E-state index is 11.6. The number of hydrogen-bond acceptors (Lipinski definition) is 6. The summed E-state index contributed by atoms with van der Waals surface area (Å²) in [7, 11) is 2.19. The Hall–Kier alpha value is -2.48. The second-order valence-electron chi connectivity index (χ2n) is 6.45. The Kier molecular flexibility index (Phi) is 5.28. The Balaban J connectivity index is 1.66. The third kappa shape index (κ3) is 4.14. The lowest BCUT2D eigenvalue weighted by molar-refractivity contribution is -0.115. The van der Waals surface area contributed by atoms with Crippen molar-refractivity contribution in [2.24, 2.45) is 0 Å². The van der Waals surface area contributed by atoms with E-state index in [0.29, 0.717) is 17.7 Å². The topological polar surface area (TPSA) is 90.5 Å². The van der Waals surface area contributed by atoms with Gasteiger partial charge in [0.25, 0.3) is 5.91 Å². The lowest BCUT2D eigenvalue weighted by Crippen LogP contribution is -2.44. The van der Waals surface area contributed by atoms with Gasteiger partial charge in [0.1, 0.15) is 5.70 Å². The van der Waals surface area contributed by atoms with Crippen molar-refractivity contribution < 1.29 is 9.59 Å². The zero-order valence-corrected chi connectivity index (χ0v) is 14.7. The molecular formula is C17H24N6O2. The van der Waals surface area contributed by atoms with Crippen LogP contribution in [0.1, 0.15) is 31.9 Å². The fourth-order valence-corrected chi connectivity index (χ4v) is 3.27. The Bertz CT molecular complexity index is 681. The minimum atomic E-state index is -0.510. The predicted octanol–water partition coefficient (Wildman–Crippen LogP) is 0.968. The van der Waals surface area contributed by atoms with Gasteiger partial charge in [0.2, 0.25) is 5.95 Å². The van der Waals surface area contributed by atoms with Crippen molar-refractivity contribution in [1.29, 1.82) is 0 Å². The van der Waals surface area contributed by atoms with E-state index in [-0.39, 0.29) is 5.70 Å². The molecular weight excluding hydrogens is 320 g/mol. The molecule has 3 heterocycles. The number of piperidine rings is 1. The fraction of sp³-hybridized carbons (Fsp3) is 0.529. The first kappa shape index (κ1) is 17.3. The first-order valence-corrected chi connectivity index (χ1v) is 8.69. The number of carbonyl (C=O) groups is 2. The van der Waals surface area contributed by atoms with E-state index in [1.807, 2.05) is 0 Å². The number of nitrogens with one attached hydrogen (secondary N) is 2. The number of nitrogens with zero attached hydrogens (tertiary/aromatic N) is 4. The maximum Gasteiger partial charge on any atom is 0.326 e. The highest BCUT2D eigenvalue weighted by molar-refractivity contribution is 6.13. The van der Waals surface area contributed by atoms with E-state index in [4.69, 9.17) is 0 Å². The van der Waals surface area contributed by atoms with Crippen LogP contribution in [0.3, 0.4) is 0 Å². The minimum absolute atomic E-state index is 0.203. The second-order valence-corrected chi connectivity index (χ2v) is 6.45. The number of anilines is 1. The number of amides is 3. The molecule has 25 heavy (non-hydrogen) atoms. The molecule has 2 saturated heterocycles. The Labute approximate surface area is 147 Å². The molecule has 1 aromatic rings. The monoisotopic (exact) mass is 344 g/mol. The van der Waals surface area contributed by atoms with Crippen LogP contribution in [-0.4, -0.2) is 59.5 Å². The van der Waals surface area contributed by atoms with Gasteiger partial charge in [-0.1, -0.05) is 6.92 Å². The highest BCUT2D eigenvalue weighted by Gasteiger charge is 2.25. The second kappa shape index (κ2) is 7.60. The van der Waals surface area contributed by atoms with Crippen LogP contribution in [0.25, 0.3) is 6.08 Å². The van der Waals surface area contributed by atoms with Crippen molar-refractivity contribution in [2.75, 3.05) is 31.6 Å². The molecule has 8 heteroatoms. The van der Waals surface area contributed by atoms with Crippen LogP contribution in [0.15, 0.2) is 18.0 Å². The van der Waals surface area contributed by atoms with Crippen molar-refractivity contribution in [2.45, 2.75) is 32.2 Å². The van der Waals surface area contributed by atoms with Crippen LogP contribution in [0.5, 0.6) is 0 Å². The van der Waals surface area contributed by atoms with Crippen LogP contribution in [0, 0.1) is 0 Å². The molecule has 2 fully saturated rings. The molecule has 2 aliphatic rings. The molecule has 0 radical (unpaired) electrons. The van der Waals surface area contributed by atoms with Crippen molar-refractivity contribution in [1.82, 2.24) is 25.5 Å². The van der Waals surface area contributed by atoms with Crippen molar-refractivity contribution in [3.8, 4) is 0 Å². The zero-order valence-electron chi connectivity index (χ0n) is 14.7. The summed E-state index contributed by atoms with van der Waals surface area (Å²) < 4.78 is 0. The van der Waals surface area contributed by atoms with E-state index >= 15 is 0 Å². The largest absolute Gasteiger partial charge is 0.341 e. The SMILES string of the molecule is CCCN(C)C1CCN(c2nccc(C=C3NC(=O)NC3=O)n2)CC1. The van der Waals surface area contributed by atoms with E-state index in [9.17, 15) is 9.59 Å². The molecule has 1 aromatic heterocycles. The number of hydrogen-bond donors (Lipinski definition) is 2. The quantitative estimate of drug-likeness (QED) is 0.611. The molecule has 8 nitrogen and oxygen atoms in total. The van der Waals surface area contributed by atoms with Gasteiger partial charge in [0.15, 0.2) is 0 Å². The summed E-state index contributed by atoms with van der Waals surface area (Å²) >= 11 is 0. The summed E-state index contributed by atoms with van der Waals surface area (Å²) in [5.41, 5.74) is 0.803. The van der Waals surface area contributed by atoms with Gasteiger partial charge < -0.3 is 15.1 Å². The summed E-state index contributed by atoms with van der Waals surface area (Å²) in [6, 6.07) is 1.82. The van der Waals surface area contributed by atoms with Crippen molar-refractivity contribution in [3.05, 3.63) is 23.7 Å². The molecule has 0 aromatic carbocycles. The van der Waals surface area contributed by atoms with Gasteiger partial charge in [-0.25, -0.2) is 14.8 Å². The predicted molar refractivity (Wildman–Crippen MR) is 94.8 cm³/mol. The highest BCUT2D eigenvalue weighted by atomic mass is 16.2. The van der Waals surface area contributed by atoms with Gasteiger partial charge in [-0.05, 0) is 45.0 Å². The number of urea groups is 1. The molecule has 134 valence electrons. The summed E-state index contributed by atoms with van der Waals surface area (Å²) in [5.74, 6) is 0.223. The van der Waals surface area contributed by atoms with Gasteiger partial charge in [-0.2, -0.15) is 0 Å².